The van der Waals surface area contributed by atoms with Gasteiger partial charge in [-0.2, -0.15) is 0 Å². The molecule has 2 amide bonds. The molecule has 1 N–H and O–H groups in total. The van der Waals surface area contributed by atoms with Gasteiger partial charge in [-0.3, -0.25) is 19.8 Å². The summed E-state index contributed by atoms with van der Waals surface area (Å²) in [4.78, 5) is 26.7. The molecule has 0 aliphatic carbocycles. The number of rotatable bonds is 8. The molecule has 3 aromatic carbocycles. The second kappa shape index (κ2) is 10.8. The number of hydrogen-bond donors (Lipinski definition) is 1. The van der Waals surface area contributed by atoms with Gasteiger partial charge >= 0.3 is 0 Å². The van der Waals surface area contributed by atoms with E-state index in [1.54, 1.807) is 18.2 Å². The number of ether oxygens (including phenoxy) is 2. The van der Waals surface area contributed by atoms with Gasteiger partial charge in [0.2, 0.25) is 0 Å². The quantitative estimate of drug-likeness (QED) is 0.176. The number of amides is 2. The first-order valence-electron chi connectivity index (χ1n) is 11.0. The molecule has 1 saturated heterocycles. The summed E-state index contributed by atoms with van der Waals surface area (Å²) in [7, 11) is 0. The van der Waals surface area contributed by atoms with Gasteiger partial charge in [-0.1, -0.05) is 58.4 Å². The average Bonchev–Trinajstić information content (AvgIpc) is 2.85. The number of nitrogens with zero attached hydrogens (tertiary/aromatic N) is 1. The van der Waals surface area contributed by atoms with Gasteiger partial charge in [0.15, 0.2) is 16.6 Å². The third kappa shape index (κ3) is 5.44. The number of thiocarbonyl (C=S) groups is 1. The van der Waals surface area contributed by atoms with E-state index >= 15 is 0 Å². The summed E-state index contributed by atoms with van der Waals surface area (Å²) in [5, 5.41) is 4.91. The Morgan fingerprint density at radius 3 is 2.54 bits per heavy atom. The summed E-state index contributed by atoms with van der Waals surface area (Å²) >= 11 is 8.65. The number of carbonyl (C=O) groups is 2. The first kappa shape index (κ1) is 24.6. The molecule has 178 valence electrons. The van der Waals surface area contributed by atoms with E-state index in [0.717, 1.165) is 10.9 Å². The zero-order valence-electron chi connectivity index (χ0n) is 19.0. The molecule has 0 radical (unpaired) electrons. The molecule has 1 aliphatic rings. The van der Waals surface area contributed by atoms with Crippen LogP contribution in [0.15, 0.2) is 77.3 Å². The number of carbonyl (C=O) groups excluding carboxylic acids is 2. The van der Waals surface area contributed by atoms with E-state index in [-0.39, 0.29) is 17.2 Å². The van der Waals surface area contributed by atoms with Crippen molar-refractivity contribution in [3.63, 3.8) is 0 Å². The van der Waals surface area contributed by atoms with Crippen molar-refractivity contribution < 1.29 is 19.1 Å². The molecule has 0 bridgehead atoms. The Kier molecular flexibility index (Phi) is 7.63. The van der Waals surface area contributed by atoms with E-state index < -0.39 is 11.8 Å². The predicted octanol–water partition coefficient (Wildman–Crippen LogP) is 5.39. The minimum atomic E-state index is -0.554. The molecule has 8 heteroatoms. The maximum absolute atomic E-state index is 12.9. The Labute approximate surface area is 217 Å². The van der Waals surface area contributed by atoms with Crippen LogP contribution in [0.5, 0.6) is 11.5 Å². The molecule has 0 spiro atoms. The van der Waals surface area contributed by atoms with E-state index in [1.807, 2.05) is 25.1 Å². The molecule has 3 aromatic rings. The molecule has 35 heavy (non-hydrogen) atoms. The third-order valence-electron chi connectivity index (χ3n) is 5.37. The van der Waals surface area contributed by atoms with Crippen molar-refractivity contribution in [2.24, 2.45) is 0 Å². The first-order valence-corrected chi connectivity index (χ1v) is 12.2. The zero-order chi connectivity index (χ0) is 24.9. The minimum absolute atomic E-state index is 0.0339. The second-order valence-electron chi connectivity index (χ2n) is 7.75. The molecule has 0 aromatic heterocycles. The maximum Gasteiger partial charge on any atom is 0.265 e. The first-order chi connectivity index (χ1) is 16.9. The Bertz CT molecular complexity index is 1370. The monoisotopic (exact) mass is 550 g/mol. The normalized spacial score (nSPS) is 14.9. The number of fused-ring (bicyclic) bond motifs is 1. The van der Waals surface area contributed by atoms with Crippen LogP contribution in [-0.4, -0.2) is 35.0 Å². The fraction of sp³-hybridized carbons (Fsp3) is 0.148. The SMILES string of the molecule is C=CCN1C(=O)/C(=C/c2cc(OCC)c(OCc3ccc4ccccc4c3)cc2Br)C(=O)NC1=S. The van der Waals surface area contributed by atoms with Crippen LogP contribution in [0.25, 0.3) is 16.8 Å². The summed E-state index contributed by atoms with van der Waals surface area (Å²) < 4.78 is 12.5. The van der Waals surface area contributed by atoms with Crippen LogP contribution in [-0.2, 0) is 16.2 Å². The van der Waals surface area contributed by atoms with E-state index in [2.05, 4.69) is 52.1 Å². The van der Waals surface area contributed by atoms with Crippen LogP contribution in [0.4, 0.5) is 0 Å². The van der Waals surface area contributed by atoms with Crippen LogP contribution in [0, 0.1) is 0 Å². The summed E-state index contributed by atoms with van der Waals surface area (Å²) in [6.07, 6.45) is 3.05. The molecule has 1 heterocycles. The van der Waals surface area contributed by atoms with Crippen LogP contribution in [0.1, 0.15) is 18.1 Å². The molecule has 4 rings (SSSR count). The van der Waals surface area contributed by atoms with Crippen LogP contribution >= 0.6 is 28.1 Å². The summed E-state index contributed by atoms with van der Waals surface area (Å²) in [6, 6.07) is 17.9. The molecule has 0 saturated carbocycles. The molecule has 0 atom stereocenters. The van der Waals surface area contributed by atoms with Gasteiger partial charge in [-0.25, -0.2) is 0 Å². The number of nitrogens with one attached hydrogen (secondary N) is 1. The lowest BCUT2D eigenvalue weighted by Crippen LogP contribution is -2.53. The molecule has 6 nitrogen and oxygen atoms in total. The van der Waals surface area contributed by atoms with E-state index in [0.29, 0.717) is 34.7 Å². The highest BCUT2D eigenvalue weighted by Gasteiger charge is 2.32. The highest BCUT2D eigenvalue weighted by Crippen LogP contribution is 2.36. The van der Waals surface area contributed by atoms with Crippen molar-refractivity contribution in [1.29, 1.82) is 0 Å². The predicted molar refractivity (Wildman–Crippen MR) is 144 cm³/mol. The van der Waals surface area contributed by atoms with Crippen molar-refractivity contribution in [2.45, 2.75) is 13.5 Å². The van der Waals surface area contributed by atoms with Gasteiger partial charge in [0.1, 0.15) is 12.2 Å². The Morgan fingerprint density at radius 1 is 1.06 bits per heavy atom. The zero-order valence-corrected chi connectivity index (χ0v) is 21.4. The van der Waals surface area contributed by atoms with Gasteiger partial charge in [0.25, 0.3) is 11.8 Å². The molecule has 1 fully saturated rings. The lowest BCUT2D eigenvalue weighted by atomic mass is 10.1. The fourth-order valence-electron chi connectivity index (χ4n) is 3.68. The van der Waals surface area contributed by atoms with Gasteiger partial charge in [0.05, 0.1) is 6.61 Å². The van der Waals surface area contributed by atoms with Crippen molar-refractivity contribution in [2.75, 3.05) is 13.2 Å². The highest BCUT2D eigenvalue weighted by atomic mass is 79.9. The smallest absolute Gasteiger partial charge is 0.265 e. The van der Waals surface area contributed by atoms with Crippen molar-refractivity contribution in [3.8, 4) is 11.5 Å². The van der Waals surface area contributed by atoms with Crippen molar-refractivity contribution in [3.05, 3.63) is 88.4 Å². The molecular weight excluding hydrogens is 528 g/mol. The van der Waals surface area contributed by atoms with E-state index in [9.17, 15) is 9.59 Å². The summed E-state index contributed by atoms with van der Waals surface area (Å²) in [5.41, 5.74) is 1.58. The lowest BCUT2D eigenvalue weighted by molar-refractivity contribution is -0.128. The van der Waals surface area contributed by atoms with E-state index in [4.69, 9.17) is 21.7 Å². The average molecular weight is 551 g/mol. The van der Waals surface area contributed by atoms with Crippen LogP contribution in [0.2, 0.25) is 0 Å². The summed E-state index contributed by atoms with van der Waals surface area (Å²) in [6.45, 7) is 6.48. The Morgan fingerprint density at radius 2 is 1.80 bits per heavy atom. The topological polar surface area (TPSA) is 67.9 Å². The number of benzene rings is 3. The van der Waals surface area contributed by atoms with Gasteiger partial charge in [-0.15, -0.1) is 6.58 Å². The van der Waals surface area contributed by atoms with Crippen LogP contribution in [0.3, 0.4) is 0 Å². The third-order valence-corrected chi connectivity index (χ3v) is 6.38. The maximum atomic E-state index is 12.9. The molecule has 0 unspecified atom stereocenters. The van der Waals surface area contributed by atoms with Crippen LogP contribution < -0.4 is 14.8 Å². The number of hydrogen-bond acceptors (Lipinski definition) is 5. The highest BCUT2D eigenvalue weighted by molar-refractivity contribution is 9.10. The Balaban J connectivity index is 1.62. The van der Waals surface area contributed by atoms with Gasteiger partial charge < -0.3 is 9.47 Å². The molecule has 1 aliphatic heterocycles. The number of halogens is 1. The van der Waals surface area contributed by atoms with Crippen molar-refractivity contribution in [1.82, 2.24) is 10.2 Å². The largest absolute Gasteiger partial charge is 0.490 e. The minimum Gasteiger partial charge on any atom is -0.490 e. The second-order valence-corrected chi connectivity index (χ2v) is 8.99. The van der Waals surface area contributed by atoms with E-state index in [1.165, 1.54) is 16.4 Å². The van der Waals surface area contributed by atoms with Crippen molar-refractivity contribution >= 4 is 61.9 Å². The van der Waals surface area contributed by atoms with Gasteiger partial charge in [0, 0.05) is 11.0 Å². The molecular formula is C27H23BrN2O4S. The lowest BCUT2D eigenvalue weighted by Gasteiger charge is -2.27. The Hall–Kier alpha value is -3.49. The fourth-order valence-corrected chi connectivity index (χ4v) is 4.36. The standard InChI is InChI=1S/C27H23BrN2O4S/c1-3-11-30-26(32)21(25(31)29-27(30)35)13-20-14-23(33-4-2)24(15-22(20)28)34-16-17-9-10-18-7-5-6-8-19(18)12-17/h3,5-10,12-15H,1,4,11,16H2,2H3,(H,29,31,35)/b21-13+. The summed E-state index contributed by atoms with van der Waals surface area (Å²) in [5.74, 6) is 0.00957. The van der Waals surface area contributed by atoms with Gasteiger partial charge in [-0.05, 0) is 65.3 Å².